The summed E-state index contributed by atoms with van der Waals surface area (Å²) in [7, 11) is 0. The van der Waals surface area contributed by atoms with Crippen molar-refractivity contribution in [1.29, 1.82) is 0 Å². The van der Waals surface area contributed by atoms with Crippen LogP contribution in [0.3, 0.4) is 0 Å². The first-order chi connectivity index (χ1) is 18.2. The van der Waals surface area contributed by atoms with E-state index in [1.165, 1.54) is 35.2 Å². The van der Waals surface area contributed by atoms with Gasteiger partial charge in [0.2, 0.25) is 5.91 Å². The number of nitrogens with one attached hydrogen (secondary N) is 2. The summed E-state index contributed by atoms with van der Waals surface area (Å²) < 4.78 is 33.0. The van der Waals surface area contributed by atoms with Gasteiger partial charge in [0.05, 0.1) is 12.1 Å². The quantitative estimate of drug-likeness (QED) is 0.393. The Morgan fingerprint density at radius 1 is 0.974 bits per heavy atom. The van der Waals surface area contributed by atoms with Gasteiger partial charge in [0.1, 0.15) is 11.6 Å². The molecule has 2 atom stereocenters. The predicted molar refractivity (Wildman–Crippen MR) is 138 cm³/mol. The van der Waals surface area contributed by atoms with Gasteiger partial charge in [0.25, 0.3) is 5.91 Å². The first-order valence-electron chi connectivity index (χ1n) is 12.4. The van der Waals surface area contributed by atoms with Crippen LogP contribution in [0.25, 0.3) is 0 Å². The van der Waals surface area contributed by atoms with E-state index in [-0.39, 0.29) is 18.0 Å². The van der Waals surface area contributed by atoms with Crippen molar-refractivity contribution >= 4 is 23.6 Å². The van der Waals surface area contributed by atoms with E-state index in [1.54, 1.807) is 42.5 Å². The lowest BCUT2D eigenvalue weighted by Crippen LogP contribution is -2.46. The Kier molecular flexibility index (Phi) is 8.35. The van der Waals surface area contributed by atoms with E-state index in [0.717, 1.165) is 6.42 Å². The molecule has 0 aliphatic carbocycles. The van der Waals surface area contributed by atoms with E-state index in [0.29, 0.717) is 29.3 Å². The van der Waals surface area contributed by atoms with Crippen molar-refractivity contribution in [2.75, 3.05) is 11.9 Å². The molecule has 1 heterocycles. The molecule has 0 spiro atoms. The van der Waals surface area contributed by atoms with Gasteiger partial charge in [0, 0.05) is 12.2 Å². The summed E-state index contributed by atoms with van der Waals surface area (Å²) in [5.41, 5.74) is 1.52. The number of carbonyl (C=O) groups excluding carboxylic acids is 3. The number of cyclic esters (lactones) is 1. The predicted octanol–water partition coefficient (Wildman–Crippen LogP) is 5.44. The van der Waals surface area contributed by atoms with E-state index in [2.05, 4.69) is 10.6 Å². The Hall–Kier alpha value is -4.27. The molecule has 9 heteroatoms. The normalized spacial score (nSPS) is 16.9. The average molecular weight is 522 g/mol. The van der Waals surface area contributed by atoms with E-state index < -0.39 is 35.8 Å². The molecule has 1 saturated heterocycles. The number of amides is 3. The number of carbonyl (C=O) groups is 3. The summed E-state index contributed by atoms with van der Waals surface area (Å²) in [6.07, 6.45) is -0.801. The van der Waals surface area contributed by atoms with Gasteiger partial charge in [-0.15, -0.1) is 0 Å². The van der Waals surface area contributed by atoms with Crippen molar-refractivity contribution in [1.82, 2.24) is 10.2 Å². The summed E-state index contributed by atoms with van der Waals surface area (Å²) in [5.74, 6) is -1.61. The van der Waals surface area contributed by atoms with Gasteiger partial charge in [0.15, 0.2) is 12.1 Å². The Balaban J connectivity index is 1.54. The van der Waals surface area contributed by atoms with E-state index in [4.69, 9.17) is 4.74 Å². The van der Waals surface area contributed by atoms with Crippen LogP contribution in [0.1, 0.15) is 47.9 Å². The number of rotatable bonds is 9. The van der Waals surface area contributed by atoms with Crippen LogP contribution in [0.2, 0.25) is 0 Å². The second-order valence-electron chi connectivity index (χ2n) is 9.53. The third-order valence-corrected chi connectivity index (χ3v) is 6.26. The minimum absolute atomic E-state index is 0.0641. The maximum Gasteiger partial charge on any atom is 0.411 e. The number of anilines is 1. The fourth-order valence-electron chi connectivity index (χ4n) is 4.19. The molecule has 38 heavy (non-hydrogen) atoms. The number of nitrogens with zero attached hydrogens (tertiary/aromatic N) is 1. The zero-order valence-corrected chi connectivity index (χ0v) is 21.1. The fraction of sp³-hybridized carbons (Fsp3) is 0.276. The standard InChI is InChI=1S/C29H29F2N3O4/c1-18(2)15-16-32-28(36)25-26(38-29(37)34(25)17-19-7-11-21(30)12-8-19)20-9-13-22(14-10-20)33-27(35)23-5-3-4-6-24(23)31/h3-14,18,25-26H,15-17H2,1-2H3,(H,32,36)(H,33,35). The Morgan fingerprint density at radius 3 is 2.32 bits per heavy atom. The molecule has 3 amide bonds. The van der Waals surface area contributed by atoms with Crippen LogP contribution in [0.5, 0.6) is 0 Å². The van der Waals surface area contributed by atoms with Crippen LogP contribution in [-0.4, -0.2) is 35.4 Å². The molecule has 2 N–H and O–H groups in total. The first-order valence-corrected chi connectivity index (χ1v) is 12.4. The molecule has 0 bridgehead atoms. The van der Waals surface area contributed by atoms with Crippen LogP contribution >= 0.6 is 0 Å². The van der Waals surface area contributed by atoms with E-state index in [9.17, 15) is 23.2 Å². The average Bonchev–Trinajstić information content (AvgIpc) is 3.21. The molecule has 198 valence electrons. The molecular weight excluding hydrogens is 492 g/mol. The zero-order valence-electron chi connectivity index (χ0n) is 21.1. The molecule has 3 aromatic carbocycles. The highest BCUT2D eigenvalue weighted by Gasteiger charge is 2.46. The summed E-state index contributed by atoms with van der Waals surface area (Å²) in [6, 6.07) is 16.9. The van der Waals surface area contributed by atoms with Crippen LogP contribution in [-0.2, 0) is 16.1 Å². The third-order valence-electron chi connectivity index (χ3n) is 6.26. The maximum atomic E-state index is 13.9. The molecule has 1 fully saturated rings. The largest absolute Gasteiger partial charge is 0.438 e. The second kappa shape index (κ2) is 11.9. The lowest BCUT2D eigenvalue weighted by molar-refractivity contribution is -0.126. The van der Waals surface area contributed by atoms with Crippen LogP contribution in [0.15, 0.2) is 72.8 Å². The highest BCUT2D eigenvalue weighted by molar-refractivity contribution is 6.04. The molecule has 1 aliphatic heterocycles. The van der Waals surface area contributed by atoms with Crippen LogP contribution in [0, 0.1) is 17.6 Å². The number of hydrogen-bond acceptors (Lipinski definition) is 4. The van der Waals surface area contributed by atoms with Gasteiger partial charge in [-0.1, -0.05) is 50.2 Å². The van der Waals surface area contributed by atoms with Crippen molar-refractivity contribution in [2.24, 2.45) is 5.92 Å². The minimum atomic E-state index is -0.960. The van der Waals surface area contributed by atoms with Crippen LogP contribution in [0.4, 0.5) is 19.3 Å². The highest BCUT2D eigenvalue weighted by Crippen LogP contribution is 2.34. The second-order valence-corrected chi connectivity index (χ2v) is 9.53. The number of halogens is 2. The molecule has 4 rings (SSSR count). The Morgan fingerprint density at radius 2 is 1.66 bits per heavy atom. The maximum absolute atomic E-state index is 13.9. The van der Waals surface area contributed by atoms with Crippen LogP contribution < -0.4 is 10.6 Å². The lowest BCUT2D eigenvalue weighted by Gasteiger charge is -2.24. The number of benzene rings is 3. The molecule has 7 nitrogen and oxygen atoms in total. The number of ether oxygens (including phenoxy) is 1. The van der Waals surface area contributed by atoms with Gasteiger partial charge in [-0.3, -0.25) is 14.5 Å². The summed E-state index contributed by atoms with van der Waals surface area (Å²) in [5, 5.41) is 5.53. The Labute approximate surface area is 219 Å². The molecule has 2 unspecified atom stereocenters. The SMILES string of the molecule is CC(C)CCNC(=O)C1C(c2ccc(NC(=O)c3ccccc3F)cc2)OC(=O)N1Cc1ccc(F)cc1. The molecule has 0 aromatic heterocycles. The summed E-state index contributed by atoms with van der Waals surface area (Å²) in [4.78, 5) is 39.9. The van der Waals surface area contributed by atoms with Gasteiger partial charge in [-0.05, 0) is 59.9 Å². The molecule has 0 radical (unpaired) electrons. The summed E-state index contributed by atoms with van der Waals surface area (Å²) in [6.45, 7) is 4.60. The fourth-order valence-corrected chi connectivity index (χ4v) is 4.19. The lowest BCUT2D eigenvalue weighted by atomic mass is 10.00. The van der Waals surface area contributed by atoms with Gasteiger partial charge < -0.3 is 15.4 Å². The molecule has 1 aliphatic rings. The summed E-state index contributed by atoms with van der Waals surface area (Å²) >= 11 is 0. The van der Waals surface area contributed by atoms with E-state index in [1.807, 2.05) is 13.8 Å². The molecule has 0 saturated carbocycles. The first kappa shape index (κ1) is 26.8. The topological polar surface area (TPSA) is 87.7 Å². The van der Waals surface area contributed by atoms with Gasteiger partial charge >= 0.3 is 6.09 Å². The van der Waals surface area contributed by atoms with Crippen molar-refractivity contribution in [2.45, 2.75) is 39.0 Å². The minimum Gasteiger partial charge on any atom is -0.438 e. The van der Waals surface area contributed by atoms with E-state index >= 15 is 0 Å². The van der Waals surface area contributed by atoms with Crippen molar-refractivity contribution < 1.29 is 27.9 Å². The Bertz CT molecular complexity index is 1300. The molecular formula is C29H29F2N3O4. The highest BCUT2D eigenvalue weighted by atomic mass is 19.1. The van der Waals surface area contributed by atoms with Crippen molar-refractivity contribution in [3.63, 3.8) is 0 Å². The molecule has 3 aromatic rings. The third kappa shape index (κ3) is 6.34. The van der Waals surface area contributed by atoms with Crippen molar-refractivity contribution in [3.05, 3.63) is 101 Å². The van der Waals surface area contributed by atoms with Crippen molar-refractivity contribution in [3.8, 4) is 0 Å². The smallest absolute Gasteiger partial charge is 0.411 e. The monoisotopic (exact) mass is 521 g/mol. The van der Waals surface area contributed by atoms with Gasteiger partial charge in [-0.25, -0.2) is 13.6 Å². The zero-order chi connectivity index (χ0) is 27.2. The van der Waals surface area contributed by atoms with Gasteiger partial charge in [-0.2, -0.15) is 0 Å². The number of hydrogen-bond donors (Lipinski definition) is 2.